The molecular formula is C13H21N3O2S. The van der Waals surface area contributed by atoms with E-state index in [1.807, 2.05) is 5.38 Å². The second-order valence-electron chi connectivity index (χ2n) is 6.06. The van der Waals surface area contributed by atoms with Gasteiger partial charge in [-0.05, 0) is 18.3 Å². The molecular weight excluding hydrogens is 262 g/mol. The molecule has 1 amide bonds. The summed E-state index contributed by atoms with van der Waals surface area (Å²) in [4.78, 5) is 17.1. The Morgan fingerprint density at radius 2 is 2.32 bits per heavy atom. The maximum atomic E-state index is 11.3. The van der Waals surface area contributed by atoms with Crippen LogP contribution >= 0.6 is 11.3 Å². The molecule has 2 N–H and O–H groups in total. The highest BCUT2D eigenvalue weighted by molar-refractivity contribution is 7.13. The van der Waals surface area contributed by atoms with Crippen molar-refractivity contribution in [3.8, 4) is 0 Å². The molecule has 1 aliphatic rings. The van der Waals surface area contributed by atoms with Crippen LogP contribution in [0.2, 0.25) is 0 Å². The van der Waals surface area contributed by atoms with Crippen molar-refractivity contribution in [1.29, 1.82) is 0 Å². The van der Waals surface area contributed by atoms with E-state index in [0.29, 0.717) is 12.6 Å². The lowest BCUT2D eigenvalue weighted by atomic mass is 9.79. The molecule has 2 atom stereocenters. The molecule has 106 valence electrons. The van der Waals surface area contributed by atoms with Gasteiger partial charge in [0.2, 0.25) is 0 Å². The van der Waals surface area contributed by atoms with Gasteiger partial charge in [0.1, 0.15) is 0 Å². The highest BCUT2D eigenvalue weighted by Gasteiger charge is 2.38. The number of nitrogens with zero attached hydrogens (tertiary/aromatic N) is 2. The molecule has 0 aromatic carbocycles. The fraction of sp³-hybridized carbons (Fsp3) is 0.692. The monoisotopic (exact) mass is 283 g/mol. The fourth-order valence-electron chi connectivity index (χ4n) is 2.62. The van der Waals surface area contributed by atoms with Crippen molar-refractivity contribution in [2.45, 2.75) is 45.7 Å². The van der Waals surface area contributed by atoms with E-state index in [2.05, 4.69) is 31.1 Å². The summed E-state index contributed by atoms with van der Waals surface area (Å²) in [7, 11) is 0. The first-order chi connectivity index (χ1) is 8.88. The van der Waals surface area contributed by atoms with Crippen LogP contribution < -0.4 is 5.32 Å². The standard InChI is InChI=1S/C13H21N3O2S/c1-13(2,3)10-8-9(4-6-16(10)12(17)18)15-11-14-5-7-19-11/h5,7,9-10H,4,6,8H2,1-3H3,(H,14,15)(H,17,18). The minimum absolute atomic E-state index is 0.0382. The van der Waals surface area contributed by atoms with Crippen molar-refractivity contribution >= 4 is 22.6 Å². The molecule has 1 saturated heterocycles. The lowest BCUT2D eigenvalue weighted by Gasteiger charge is -2.44. The van der Waals surface area contributed by atoms with Crippen LogP contribution in [0.3, 0.4) is 0 Å². The Bertz CT molecular complexity index is 428. The lowest BCUT2D eigenvalue weighted by Crippen LogP contribution is -2.54. The van der Waals surface area contributed by atoms with E-state index in [9.17, 15) is 9.90 Å². The number of thiazole rings is 1. The van der Waals surface area contributed by atoms with Gasteiger partial charge in [-0.3, -0.25) is 0 Å². The van der Waals surface area contributed by atoms with Crippen LogP contribution in [0.5, 0.6) is 0 Å². The molecule has 2 heterocycles. The number of aromatic nitrogens is 1. The van der Waals surface area contributed by atoms with E-state index in [1.165, 1.54) is 0 Å². The summed E-state index contributed by atoms with van der Waals surface area (Å²) in [6, 6.07) is 0.335. The van der Waals surface area contributed by atoms with Crippen LogP contribution in [0.4, 0.5) is 9.93 Å². The summed E-state index contributed by atoms with van der Waals surface area (Å²) in [5.74, 6) is 0. The lowest BCUT2D eigenvalue weighted by molar-refractivity contribution is 0.0557. The number of anilines is 1. The summed E-state index contributed by atoms with van der Waals surface area (Å²) in [5, 5.41) is 15.6. The third-order valence-electron chi connectivity index (χ3n) is 3.61. The van der Waals surface area contributed by atoms with Crippen LogP contribution in [0.1, 0.15) is 33.6 Å². The van der Waals surface area contributed by atoms with Crippen LogP contribution in [-0.2, 0) is 0 Å². The van der Waals surface area contributed by atoms with Gasteiger partial charge < -0.3 is 15.3 Å². The largest absolute Gasteiger partial charge is 0.465 e. The number of hydrogen-bond donors (Lipinski definition) is 2. The summed E-state index contributed by atoms with van der Waals surface area (Å²) >= 11 is 1.58. The number of nitrogens with one attached hydrogen (secondary N) is 1. The highest BCUT2D eigenvalue weighted by atomic mass is 32.1. The Balaban J connectivity index is 2.06. The van der Waals surface area contributed by atoms with Gasteiger partial charge in [-0.2, -0.15) is 0 Å². The molecule has 0 saturated carbocycles. The smallest absolute Gasteiger partial charge is 0.407 e. The SMILES string of the molecule is CC(C)(C)C1CC(Nc2nccs2)CCN1C(=O)O. The van der Waals surface area contributed by atoms with E-state index in [1.54, 1.807) is 22.4 Å². The van der Waals surface area contributed by atoms with Gasteiger partial charge in [-0.25, -0.2) is 9.78 Å². The molecule has 1 aromatic heterocycles. The second kappa shape index (κ2) is 5.36. The minimum atomic E-state index is -0.812. The van der Waals surface area contributed by atoms with E-state index < -0.39 is 6.09 Å². The number of carboxylic acid groups (broad SMARTS) is 1. The van der Waals surface area contributed by atoms with Crippen molar-refractivity contribution < 1.29 is 9.90 Å². The predicted octanol–water partition coefficient (Wildman–Crippen LogP) is 3.11. The van der Waals surface area contributed by atoms with Gasteiger partial charge in [0.25, 0.3) is 0 Å². The zero-order valence-electron chi connectivity index (χ0n) is 11.6. The van der Waals surface area contributed by atoms with E-state index in [0.717, 1.165) is 18.0 Å². The van der Waals surface area contributed by atoms with E-state index >= 15 is 0 Å². The average Bonchev–Trinajstić information content (AvgIpc) is 2.80. The fourth-order valence-corrected chi connectivity index (χ4v) is 3.22. The number of piperidine rings is 1. The molecule has 2 unspecified atom stereocenters. The van der Waals surface area contributed by atoms with Crippen molar-refractivity contribution in [1.82, 2.24) is 9.88 Å². The quantitative estimate of drug-likeness (QED) is 0.875. The van der Waals surface area contributed by atoms with Crippen molar-refractivity contribution in [3.05, 3.63) is 11.6 Å². The number of rotatable bonds is 2. The summed E-state index contributed by atoms with van der Waals surface area (Å²) < 4.78 is 0. The summed E-state index contributed by atoms with van der Waals surface area (Å²) in [6.07, 6.45) is 2.63. The van der Waals surface area contributed by atoms with Crippen LogP contribution in [0, 0.1) is 5.41 Å². The zero-order chi connectivity index (χ0) is 14.0. The molecule has 1 aromatic rings. The second-order valence-corrected chi connectivity index (χ2v) is 6.96. The van der Waals surface area contributed by atoms with Gasteiger partial charge in [-0.1, -0.05) is 20.8 Å². The van der Waals surface area contributed by atoms with Crippen LogP contribution in [-0.4, -0.2) is 39.7 Å². The van der Waals surface area contributed by atoms with Gasteiger partial charge in [0.15, 0.2) is 5.13 Å². The van der Waals surface area contributed by atoms with Gasteiger partial charge in [0.05, 0.1) is 0 Å². The molecule has 1 aliphatic heterocycles. The third-order valence-corrected chi connectivity index (χ3v) is 4.31. The van der Waals surface area contributed by atoms with Crippen molar-refractivity contribution in [2.24, 2.45) is 5.41 Å². The van der Waals surface area contributed by atoms with Crippen molar-refractivity contribution in [2.75, 3.05) is 11.9 Å². The van der Waals surface area contributed by atoms with Gasteiger partial charge in [0, 0.05) is 30.2 Å². The number of hydrogen-bond acceptors (Lipinski definition) is 4. The average molecular weight is 283 g/mol. The number of carbonyl (C=O) groups is 1. The van der Waals surface area contributed by atoms with Gasteiger partial charge >= 0.3 is 6.09 Å². The number of amides is 1. The molecule has 5 nitrogen and oxygen atoms in total. The predicted molar refractivity (Wildman–Crippen MR) is 76.7 cm³/mol. The number of likely N-dealkylation sites (tertiary alicyclic amines) is 1. The molecule has 0 spiro atoms. The topological polar surface area (TPSA) is 65.5 Å². The molecule has 19 heavy (non-hydrogen) atoms. The maximum absolute atomic E-state index is 11.3. The van der Waals surface area contributed by atoms with E-state index in [4.69, 9.17) is 0 Å². The first-order valence-corrected chi connectivity index (χ1v) is 7.41. The van der Waals surface area contributed by atoms with Gasteiger partial charge in [-0.15, -0.1) is 11.3 Å². The molecule has 6 heteroatoms. The molecule has 0 aliphatic carbocycles. The Hall–Kier alpha value is -1.30. The Morgan fingerprint density at radius 1 is 1.58 bits per heavy atom. The first-order valence-electron chi connectivity index (χ1n) is 6.53. The molecule has 1 fully saturated rings. The van der Waals surface area contributed by atoms with Crippen LogP contribution in [0.25, 0.3) is 0 Å². The summed E-state index contributed by atoms with van der Waals surface area (Å²) in [6.45, 7) is 6.87. The Morgan fingerprint density at radius 3 is 2.84 bits per heavy atom. The normalized spacial score (nSPS) is 24.3. The maximum Gasteiger partial charge on any atom is 0.407 e. The zero-order valence-corrected chi connectivity index (χ0v) is 12.4. The molecule has 0 radical (unpaired) electrons. The summed E-state index contributed by atoms with van der Waals surface area (Å²) in [5.41, 5.74) is -0.0540. The van der Waals surface area contributed by atoms with Crippen molar-refractivity contribution in [3.63, 3.8) is 0 Å². The highest BCUT2D eigenvalue weighted by Crippen LogP contribution is 2.33. The van der Waals surface area contributed by atoms with E-state index in [-0.39, 0.29) is 11.5 Å². The Labute approximate surface area is 117 Å². The first kappa shape index (κ1) is 14.1. The van der Waals surface area contributed by atoms with Crippen LogP contribution in [0.15, 0.2) is 11.6 Å². The molecule has 0 bridgehead atoms. The molecule has 2 rings (SSSR count). The minimum Gasteiger partial charge on any atom is -0.465 e. The third kappa shape index (κ3) is 3.37. The Kier molecular flexibility index (Phi) is 3.99.